The Morgan fingerprint density at radius 1 is 1.91 bits per heavy atom. The van der Waals surface area contributed by atoms with Gasteiger partial charge in [-0.15, -0.1) is 6.58 Å². The maximum atomic E-state index is 5.69. The van der Waals surface area contributed by atoms with Crippen molar-refractivity contribution in [2.45, 2.75) is 19.5 Å². The van der Waals surface area contributed by atoms with E-state index in [-0.39, 0.29) is 6.04 Å². The summed E-state index contributed by atoms with van der Waals surface area (Å²) >= 11 is 0. The maximum absolute atomic E-state index is 5.69. The van der Waals surface area contributed by atoms with Crippen LogP contribution >= 0.6 is 0 Å². The SMILES string of the molecule is C=CCn1cncc1[C@H](C)N. The van der Waals surface area contributed by atoms with Gasteiger partial charge in [0, 0.05) is 18.8 Å². The Labute approximate surface area is 66.5 Å². The van der Waals surface area contributed by atoms with E-state index in [0.29, 0.717) is 0 Å². The fourth-order valence-corrected chi connectivity index (χ4v) is 1.00. The molecule has 0 unspecified atom stereocenters. The van der Waals surface area contributed by atoms with Crippen molar-refractivity contribution in [2.24, 2.45) is 5.73 Å². The summed E-state index contributed by atoms with van der Waals surface area (Å²) in [5, 5.41) is 0. The normalized spacial score (nSPS) is 12.9. The van der Waals surface area contributed by atoms with Crippen LogP contribution in [0.15, 0.2) is 25.2 Å². The molecule has 2 N–H and O–H groups in total. The van der Waals surface area contributed by atoms with Crippen molar-refractivity contribution < 1.29 is 0 Å². The fourth-order valence-electron chi connectivity index (χ4n) is 1.00. The van der Waals surface area contributed by atoms with Gasteiger partial charge in [0.2, 0.25) is 0 Å². The van der Waals surface area contributed by atoms with Gasteiger partial charge in [0.1, 0.15) is 0 Å². The van der Waals surface area contributed by atoms with Gasteiger partial charge >= 0.3 is 0 Å². The highest BCUT2D eigenvalue weighted by Gasteiger charge is 2.03. The average molecular weight is 151 g/mol. The van der Waals surface area contributed by atoms with Crippen LogP contribution in [0.1, 0.15) is 18.7 Å². The molecule has 1 heterocycles. The van der Waals surface area contributed by atoms with Crippen molar-refractivity contribution in [3.05, 3.63) is 30.9 Å². The second kappa shape index (κ2) is 3.34. The van der Waals surface area contributed by atoms with Crippen LogP contribution < -0.4 is 5.73 Å². The molecule has 11 heavy (non-hydrogen) atoms. The molecule has 0 amide bonds. The van der Waals surface area contributed by atoms with E-state index in [4.69, 9.17) is 5.73 Å². The molecule has 3 heteroatoms. The smallest absolute Gasteiger partial charge is 0.0951 e. The summed E-state index contributed by atoms with van der Waals surface area (Å²) in [6, 6.07) is 0.0393. The Morgan fingerprint density at radius 2 is 2.64 bits per heavy atom. The molecule has 0 bridgehead atoms. The monoisotopic (exact) mass is 151 g/mol. The van der Waals surface area contributed by atoms with Crippen LogP contribution in [0.3, 0.4) is 0 Å². The molecule has 1 rings (SSSR count). The number of hydrogen-bond acceptors (Lipinski definition) is 2. The lowest BCUT2D eigenvalue weighted by Crippen LogP contribution is -2.10. The van der Waals surface area contributed by atoms with E-state index in [1.54, 1.807) is 12.5 Å². The minimum Gasteiger partial charge on any atom is -0.329 e. The lowest BCUT2D eigenvalue weighted by Gasteiger charge is -2.07. The highest BCUT2D eigenvalue weighted by Crippen LogP contribution is 2.07. The van der Waals surface area contributed by atoms with Crippen molar-refractivity contribution in [3.8, 4) is 0 Å². The number of rotatable bonds is 3. The molecule has 0 fully saturated rings. The highest BCUT2D eigenvalue weighted by molar-refractivity contribution is 5.03. The summed E-state index contributed by atoms with van der Waals surface area (Å²) in [5.74, 6) is 0. The Kier molecular flexibility index (Phi) is 2.44. The molecule has 0 aliphatic carbocycles. The third-order valence-electron chi connectivity index (χ3n) is 1.54. The summed E-state index contributed by atoms with van der Waals surface area (Å²) in [6.07, 6.45) is 5.38. The molecule has 0 aliphatic rings. The molecule has 1 aromatic rings. The first-order valence-corrected chi connectivity index (χ1v) is 3.62. The van der Waals surface area contributed by atoms with Gasteiger partial charge in [-0.1, -0.05) is 6.08 Å². The van der Waals surface area contributed by atoms with Gasteiger partial charge in [-0.25, -0.2) is 4.98 Å². The van der Waals surface area contributed by atoms with E-state index in [1.807, 2.05) is 17.6 Å². The zero-order valence-electron chi connectivity index (χ0n) is 6.70. The topological polar surface area (TPSA) is 43.8 Å². The summed E-state index contributed by atoms with van der Waals surface area (Å²) in [5.41, 5.74) is 6.74. The third-order valence-corrected chi connectivity index (χ3v) is 1.54. The third kappa shape index (κ3) is 1.68. The second-order valence-electron chi connectivity index (χ2n) is 2.55. The van der Waals surface area contributed by atoms with Crippen LogP contribution in [-0.2, 0) is 6.54 Å². The Hall–Kier alpha value is -1.09. The summed E-state index contributed by atoms with van der Waals surface area (Å²) in [6.45, 7) is 6.36. The van der Waals surface area contributed by atoms with Gasteiger partial charge in [-0.05, 0) is 6.92 Å². The number of allylic oxidation sites excluding steroid dienone is 1. The number of hydrogen-bond donors (Lipinski definition) is 1. The van der Waals surface area contributed by atoms with Crippen LogP contribution in [-0.4, -0.2) is 9.55 Å². The minimum atomic E-state index is 0.0393. The number of nitrogens with zero attached hydrogens (tertiary/aromatic N) is 2. The molecule has 0 radical (unpaired) electrons. The molecule has 0 saturated heterocycles. The van der Waals surface area contributed by atoms with E-state index in [2.05, 4.69) is 11.6 Å². The van der Waals surface area contributed by atoms with Gasteiger partial charge < -0.3 is 10.3 Å². The van der Waals surface area contributed by atoms with Crippen LogP contribution in [0.5, 0.6) is 0 Å². The van der Waals surface area contributed by atoms with Crippen LogP contribution in [0.25, 0.3) is 0 Å². The average Bonchev–Trinajstić information content (AvgIpc) is 2.36. The van der Waals surface area contributed by atoms with Gasteiger partial charge in [-0.2, -0.15) is 0 Å². The molecule has 0 spiro atoms. The maximum Gasteiger partial charge on any atom is 0.0951 e. The van der Waals surface area contributed by atoms with Crippen molar-refractivity contribution in [2.75, 3.05) is 0 Å². The number of nitrogens with two attached hydrogens (primary N) is 1. The van der Waals surface area contributed by atoms with E-state index in [1.165, 1.54) is 0 Å². The molecule has 0 aromatic carbocycles. The van der Waals surface area contributed by atoms with Gasteiger partial charge in [0.25, 0.3) is 0 Å². The Morgan fingerprint density at radius 3 is 3.18 bits per heavy atom. The fraction of sp³-hybridized carbons (Fsp3) is 0.375. The number of imidazole rings is 1. The first kappa shape index (κ1) is 8.01. The zero-order valence-corrected chi connectivity index (χ0v) is 6.70. The van der Waals surface area contributed by atoms with Crippen molar-refractivity contribution in [1.29, 1.82) is 0 Å². The van der Waals surface area contributed by atoms with E-state index in [9.17, 15) is 0 Å². The zero-order chi connectivity index (χ0) is 8.27. The Balaban J connectivity index is 2.86. The second-order valence-corrected chi connectivity index (χ2v) is 2.55. The lowest BCUT2D eigenvalue weighted by molar-refractivity contribution is 0.683. The molecule has 3 nitrogen and oxygen atoms in total. The predicted molar refractivity (Wildman–Crippen MR) is 45.0 cm³/mol. The van der Waals surface area contributed by atoms with Gasteiger partial charge in [-0.3, -0.25) is 0 Å². The molecular formula is C8H13N3. The van der Waals surface area contributed by atoms with Crippen LogP contribution in [0.4, 0.5) is 0 Å². The molecule has 1 aromatic heterocycles. The largest absolute Gasteiger partial charge is 0.329 e. The highest BCUT2D eigenvalue weighted by atomic mass is 15.1. The number of aromatic nitrogens is 2. The van der Waals surface area contributed by atoms with Crippen LogP contribution in [0, 0.1) is 0 Å². The van der Waals surface area contributed by atoms with Crippen LogP contribution in [0.2, 0.25) is 0 Å². The molecule has 0 saturated carbocycles. The predicted octanol–water partition coefficient (Wildman–Crippen LogP) is 1.09. The molecule has 60 valence electrons. The molecule has 1 atom stereocenters. The van der Waals surface area contributed by atoms with E-state index < -0.39 is 0 Å². The quantitative estimate of drug-likeness (QED) is 0.657. The molecule has 0 aliphatic heterocycles. The van der Waals surface area contributed by atoms with Gasteiger partial charge in [0.05, 0.1) is 12.0 Å². The standard InChI is InChI=1S/C8H13N3/c1-3-4-11-6-10-5-8(11)7(2)9/h3,5-7H,1,4,9H2,2H3/t7-/m0/s1. The van der Waals surface area contributed by atoms with Crippen molar-refractivity contribution >= 4 is 0 Å². The summed E-state index contributed by atoms with van der Waals surface area (Å²) in [7, 11) is 0. The van der Waals surface area contributed by atoms with E-state index in [0.717, 1.165) is 12.2 Å². The molecular weight excluding hydrogens is 138 g/mol. The van der Waals surface area contributed by atoms with E-state index >= 15 is 0 Å². The van der Waals surface area contributed by atoms with Crippen molar-refractivity contribution in [3.63, 3.8) is 0 Å². The lowest BCUT2D eigenvalue weighted by atomic mass is 10.3. The van der Waals surface area contributed by atoms with Crippen molar-refractivity contribution in [1.82, 2.24) is 9.55 Å². The first-order valence-electron chi connectivity index (χ1n) is 3.62. The van der Waals surface area contributed by atoms with Gasteiger partial charge in [0.15, 0.2) is 0 Å². The summed E-state index contributed by atoms with van der Waals surface area (Å²) < 4.78 is 1.98. The summed E-state index contributed by atoms with van der Waals surface area (Å²) in [4.78, 5) is 4.00. The Bertz CT molecular complexity index is 237. The minimum absolute atomic E-state index is 0.0393. The first-order chi connectivity index (χ1) is 5.25.